The number of nitrogens with zero attached hydrogens (tertiary/aromatic N) is 1. The molecule has 2 rings (SSSR count). The van der Waals surface area contributed by atoms with E-state index in [1.807, 2.05) is 0 Å². The molecule has 1 N–H and O–H groups in total. The van der Waals surface area contributed by atoms with Gasteiger partial charge in [0, 0.05) is 19.1 Å². The minimum atomic E-state index is -0.531. The van der Waals surface area contributed by atoms with Crippen LogP contribution in [0.4, 0.5) is 5.69 Å². The van der Waals surface area contributed by atoms with Crippen LogP contribution in [0.2, 0.25) is 0 Å². The van der Waals surface area contributed by atoms with Crippen molar-refractivity contribution in [3.05, 3.63) is 34.4 Å². The fourth-order valence-corrected chi connectivity index (χ4v) is 1.80. The molecule has 8 heteroatoms. The Kier molecular flexibility index (Phi) is 5.47. The second-order valence-electron chi connectivity index (χ2n) is 4.48. The summed E-state index contributed by atoms with van der Waals surface area (Å²) in [6.07, 6.45) is 2.28. The first-order valence-corrected chi connectivity index (χ1v) is 6.58. The van der Waals surface area contributed by atoms with E-state index in [-0.39, 0.29) is 18.0 Å². The van der Waals surface area contributed by atoms with Crippen LogP contribution in [0.3, 0.4) is 0 Å². The lowest BCUT2D eigenvalue weighted by Gasteiger charge is -2.22. The van der Waals surface area contributed by atoms with Crippen molar-refractivity contribution < 1.29 is 24.0 Å². The maximum Gasteiger partial charge on any atom is 0.281 e. The van der Waals surface area contributed by atoms with Gasteiger partial charge in [-0.3, -0.25) is 14.9 Å². The highest BCUT2D eigenvalue weighted by Gasteiger charge is 2.16. The lowest BCUT2D eigenvalue weighted by molar-refractivity contribution is -0.384. The molecule has 0 aliphatic carbocycles. The number of hydrogen-bond donors (Lipinski definition) is 1. The van der Waals surface area contributed by atoms with Crippen LogP contribution in [0.15, 0.2) is 24.3 Å². The number of carbonyl (C=O) groups is 1. The van der Waals surface area contributed by atoms with Gasteiger partial charge in [0.15, 0.2) is 12.9 Å². The third-order valence-corrected chi connectivity index (χ3v) is 2.84. The Hall–Kier alpha value is -2.19. The molecule has 0 bridgehead atoms. The Labute approximate surface area is 121 Å². The first-order valence-electron chi connectivity index (χ1n) is 6.58. The molecule has 114 valence electrons. The molecule has 0 radical (unpaired) electrons. The monoisotopic (exact) mass is 296 g/mol. The number of rotatable bonds is 6. The largest absolute Gasteiger partial charge is 0.483 e. The summed E-state index contributed by atoms with van der Waals surface area (Å²) < 4.78 is 10.4. The summed E-state index contributed by atoms with van der Waals surface area (Å²) in [6, 6.07) is 5.61. The predicted octanol–water partition coefficient (Wildman–Crippen LogP) is 1.55. The molecule has 1 aliphatic heterocycles. The number of hydroxylamine groups is 1. The van der Waals surface area contributed by atoms with E-state index in [2.05, 4.69) is 5.48 Å². The Morgan fingerprint density at radius 3 is 3.05 bits per heavy atom. The number of non-ortho nitro benzene ring substituents is 1. The summed E-state index contributed by atoms with van der Waals surface area (Å²) in [5, 5.41) is 10.6. The van der Waals surface area contributed by atoms with Gasteiger partial charge in [-0.2, -0.15) is 0 Å². The Morgan fingerprint density at radius 1 is 1.48 bits per heavy atom. The van der Waals surface area contributed by atoms with Crippen molar-refractivity contribution in [2.45, 2.75) is 25.6 Å². The third kappa shape index (κ3) is 5.01. The Bertz CT molecular complexity index is 501. The van der Waals surface area contributed by atoms with Crippen LogP contribution in [-0.4, -0.2) is 30.3 Å². The van der Waals surface area contributed by atoms with Gasteiger partial charge in [-0.25, -0.2) is 10.3 Å². The van der Waals surface area contributed by atoms with E-state index in [1.54, 1.807) is 0 Å². The summed E-state index contributed by atoms with van der Waals surface area (Å²) in [4.78, 5) is 26.7. The number of benzene rings is 1. The van der Waals surface area contributed by atoms with Crippen molar-refractivity contribution in [1.29, 1.82) is 0 Å². The lowest BCUT2D eigenvalue weighted by atomic mass is 10.2. The van der Waals surface area contributed by atoms with Crippen molar-refractivity contribution in [3.63, 3.8) is 0 Å². The van der Waals surface area contributed by atoms with E-state index in [4.69, 9.17) is 14.3 Å². The zero-order valence-corrected chi connectivity index (χ0v) is 11.3. The van der Waals surface area contributed by atoms with E-state index < -0.39 is 17.1 Å². The summed E-state index contributed by atoms with van der Waals surface area (Å²) >= 11 is 0. The predicted molar refractivity (Wildman–Crippen MR) is 71.4 cm³/mol. The van der Waals surface area contributed by atoms with Crippen LogP contribution in [0.25, 0.3) is 0 Å². The van der Waals surface area contributed by atoms with Crippen molar-refractivity contribution in [2.75, 3.05) is 13.2 Å². The van der Waals surface area contributed by atoms with Gasteiger partial charge in [-0.05, 0) is 18.9 Å². The van der Waals surface area contributed by atoms with Gasteiger partial charge in [-0.15, -0.1) is 0 Å². The van der Waals surface area contributed by atoms with Crippen LogP contribution in [0.5, 0.6) is 5.75 Å². The first-order chi connectivity index (χ1) is 10.1. The van der Waals surface area contributed by atoms with Gasteiger partial charge in [0.2, 0.25) is 0 Å². The smallest absolute Gasteiger partial charge is 0.281 e. The van der Waals surface area contributed by atoms with Crippen LogP contribution in [0, 0.1) is 10.1 Å². The first kappa shape index (κ1) is 15.2. The molecule has 1 fully saturated rings. The van der Waals surface area contributed by atoms with Crippen LogP contribution >= 0.6 is 0 Å². The molecule has 1 atom stereocenters. The topological polar surface area (TPSA) is 99.9 Å². The fraction of sp³-hybridized carbons (Fsp3) is 0.462. The molecule has 1 unspecified atom stereocenters. The molecule has 0 saturated carbocycles. The van der Waals surface area contributed by atoms with Crippen molar-refractivity contribution in [3.8, 4) is 5.75 Å². The number of hydrogen-bond acceptors (Lipinski definition) is 6. The van der Waals surface area contributed by atoms with E-state index in [1.165, 1.54) is 24.3 Å². The number of carbonyl (C=O) groups excluding carboxylic acids is 1. The number of nitro benzene ring substituents is 1. The molecule has 8 nitrogen and oxygen atoms in total. The highest BCUT2D eigenvalue weighted by Crippen LogP contribution is 2.18. The Morgan fingerprint density at radius 2 is 2.33 bits per heavy atom. The molecule has 1 aliphatic rings. The number of ether oxygens (including phenoxy) is 2. The van der Waals surface area contributed by atoms with E-state index in [0.29, 0.717) is 6.61 Å². The van der Waals surface area contributed by atoms with Crippen LogP contribution in [-0.2, 0) is 14.4 Å². The van der Waals surface area contributed by atoms with Gasteiger partial charge < -0.3 is 9.47 Å². The van der Waals surface area contributed by atoms with Gasteiger partial charge in [0.05, 0.1) is 11.0 Å². The quantitative estimate of drug-likeness (QED) is 0.631. The maximum absolute atomic E-state index is 11.5. The van der Waals surface area contributed by atoms with E-state index >= 15 is 0 Å². The summed E-state index contributed by atoms with van der Waals surface area (Å²) in [5.74, 6) is -0.246. The molecule has 1 amide bonds. The minimum absolute atomic E-state index is 0.0974. The summed E-state index contributed by atoms with van der Waals surface area (Å²) in [5.41, 5.74) is 2.14. The maximum atomic E-state index is 11.5. The molecule has 0 aromatic heterocycles. The standard InChI is InChI=1S/C13H16N2O6/c16-12(14-21-13-6-1-2-7-19-13)9-20-11-5-3-4-10(8-11)15(17)18/h3-5,8,13H,1-2,6-7,9H2,(H,14,16). The van der Waals surface area contributed by atoms with Crippen molar-refractivity contribution in [2.24, 2.45) is 0 Å². The van der Waals surface area contributed by atoms with Crippen molar-refractivity contribution >= 4 is 11.6 Å². The molecule has 1 aromatic rings. The van der Waals surface area contributed by atoms with E-state index in [9.17, 15) is 14.9 Å². The average molecular weight is 296 g/mol. The van der Waals surface area contributed by atoms with Gasteiger partial charge in [0.1, 0.15) is 5.75 Å². The normalized spacial score (nSPS) is 18.0. The Balaban J connectivity index is 1.73. The summed E-state index contributed by atoms with van der Waals surface area (Å²) in [7, 11) is 0. The zero-order valence-electron chi connectivity index (χ0n) is 11.3. The van der Waals surface area contributed by atoms with Crippen LogP contribution < -0.4 is 10.2 Å². The van der Waals surface area contributed by atoms with Crippen LogP contribution in [0.1, 0.15) is 19.3 Å². The number of amides is 1. The average Bonchev–Trinajstić information content (AvgIpc) is 2.52. The lowest BCUT2D eigenvalue weighted by Crippen LogP contribution is -2.35. The zero-order chi connectivity index (χ0) is 15.1. The molecule has 1 aromatic carbocycles. The molecule has 1 saturated heterocycles. The number of nitro groups is 1. The molecule has 1 heterocycles. The molecule has 0 spiro atoms. The molecule has 21 heavy (non-hydrogen) atoms. The summed E-state index contributed by atoms with van der Waals surface area (Å²) in [6.45, 7) is 0.318. The van der Waals surface area contributed by atoms with Gasteiger partial charge in [0.25, 0.3) is 11.6 Å². The van der Waals surface area contributed by atoms with Gasteiger partial charge >= 0.3 is 0 Å². The molecular formula is C13H16N2O6. The van der Waals surface area contributed by atoms with Crippen molar-refractivity contribution in [1.82, 2.24) is 5.48 Å². The highest BCUT2D eigenvalue weighted by atomic mass is 16.8. The fourth-order valence-electron chi connectivity index (χ4n) is 1.80. The second kappa shape index (κ2) is 7.55. The highest BCUT2D eigenvalue weighted by molar-refractivity contribution is 5.76. The second-order valence-corrected chi connectivity index (χ2v) is 4.48. The van der Waals surface area contributed by atoms with Gasteiger partial charge in [-0.1, -0.05) is 6.07 Å². The third-order valence-electron chi connectivity index (χ3n) is 2.84. The minimum Gasteiger partial charge on any atom is -0.483 e. The molecular weight excluding hydrogens is 280 g/mol. The number of nitrogens with one attached hydrogen (secondary N) is 1. The SMILES string of the molecule is O=C(COc1cccc([N+](=O)[O-])c1)NOC1CCCCO1. The van der Waals surface area contributed by atoms with E-state index in [0.717, 1.165) is 19.3 Å².